The zero-order valence-electron chi connectivity index (χ0n) is 20.4. The van der Waals surface area contributed by atoms with E-state index in [1.807, 2.05) is 0 Å². The average Bonchev–Trinajstić information content (AvgIpc) is 3.44. The standard InChI is InChI=1S/C24H25ClFN9O3/c1-14(26)38-18-4-3-15(25)11-16(18)21-17(12-34(31-21)13-19(36)33-9-6-28-7-10-33)30-24(37)20-22(27)32-35-8-2-5-29-23(20)35/h2-5,8,11-12,14,28H,6-7,9-10,13H2,1H3,(H2,27,32)(H,30,37). The number of alkyl halides is 1. The molecule has 4 aromatic rings. The van der Waals surface area contributed by atoms with Gasteiger partial charge in [-0.05, 0) is 24.3 Å². The third-order valence-electron chi connectivity index (χ3n) is 5.91. The number of hydrogen-bond acceptors (Lipinski definition) is 8. The van der Waals surface area contributed by atoms with Gasteiger partial charge in [0.1, 0.15) is 23.6 Å². The van der Waals surface area contributed by atoms with Crippen LogP contribution in [-0.2, 0) is 11.3 Å². The van der Waals surface area contributed by atoms with Gasteiger partial charge in [0, 0.05) is 62.3 Å². The van der Waals surface area contributed by atoms with E-state index in [0.29, 0.717) is 36.8 Å². The molecule has 1 atom stereocenters. The third-order valence-corrected chi connectivity index (χ3v) is 6.15. The maximum atomic E-state index is 13.8. The number of nitrogens with two attached hydrogens (primary N) is 1. The number of hydrogen-bond donors (Lipinski definition) is 3. The van der Waals surface area contributed by atoms with Gasteiger partial charge < -0.3 is 26.0 Å². The molecule has 1 saturated heterocycles. The van der Waals surface area contributed by atoms with Crippen molar-refractivity contribution in [3.63, 3.8) is 0 Å². The van der Waals surface area contributed by atoms with Crippen molar-refractivity contribution >= 4 is 40.6 Å². The molecule has 4 N–H and O–H groups in total. The number of rotatable bonds is 7. The van der Waals surface area contributed by atoms with Crippen LogP contribution in [0.2, 0.25) is 5.02 Å². The topological polar surface area (TPSA) is 145 Å². The number of benzene rings is 1. The van der Waals surface area contributed by atoms with E-state index in [-0.39, 0.29) is 46.6 Å². The van der Waals surface area contributed by atoms with Crippen LogP contribution in [-0.4, -0.2) is 73.6 Å². The average molecular weight is 542 g/mol. The van der Waals surface area contributed by atoms with E-state index in [1.54, 1.807) is 29.3 Å². The van der Waals surface area contributed by atoms with Gasteiger partial charge in [-0.1, -0.05) is 11.6 Å². The molecule has 3 aromatic heterocycles. The number of piperazine rings is 1. The van der Waals surface area contributed by atoms with Crippen molar-refractivity contribution in [2.24, 2.45) is 0 Å². The highest BCUT2D eigenvalue weighted by Gasteiger charge is 2.25. The van der Waals surface area contributed by atoms with Gasteiger partial charge in [-0.25, -0.2) is 13.9 Å². The first-order chi connectivity index (χ1) is 18.3. The lowest BCUT2D eigenvalue weighted by molar-refractivity contribution is -0.132. The van der Waals surface area contributed by atoms with Gasteiger partial charge in [0.05, 0.1) is 5.69 Å². The van der Waals surface area contributed by atoms with E-state index in [1.165, 1.54) is 34.6 Å². The SMILES string of the molecule is CC(F)Oc1ccc(Cl)cc1-c1nn(CC(=O)N2CCNCC2)cc1NC(=O)c1c(N)nn2cccnc12. The molecular weight excluding hydrogens is 517 g/mol. The molecular formula is C24H25ClFN9O3. The van der Waals surface area contributed by atoms with Crippen molar-refractivity contribution in [1.82, 2.24) is 34.6 Å². The van der Waals surface area contributed by atoms with E-state index in [0.717, 1.165) is 0 Å². The molecule has 1 aromatic carbocycles. The molecule has 0 saturated carbocycles. The smallest absolute Gasteiger partial charge is 0.263 e. The molecule has 0 radical (unpaired) electrons. The summed E-state index contributed by atoms with van der Waals surface area (Å²) in [6, 6.07) is 6.27. The molecule has 4 heterocycles. The van der Waals surface area contributed by atoms with Gasteiger partial charge in [-0.2, -0.15) is 5.10 Å². The summed E-state index contributed by atoms with van der Waals surface area (Å²) in [7, 11) is 0. The van der Waals surface area contributed by atoms with Crippen LogP contribution in [0.1, 0.15) is 17.3 Å². The normalized spacial score (nSPS) is 14.4. The number of aromatic nitrogens is 5. The van der Waals surface area contributed by atoms with Crippen LogP contribution in [0, 0.1) is 0 Å². The quantitative estimate of drug-likeness (QED) is 0.323. The van der Waals surface area contributed by atoms with Gasteiger partial charge >= 0.3 is 0 Å². The first-order valence-electron chi connectivity index (χ1n) is 11.9. The Morgan fingerprint density at radius 3 is 2.84 bits per heavy atom. The first-order valence-corrected chi connectivity index (χ1v) is 12.2. The van der Waals surface area contributed by atoms with Crippen molar-refractivity contribution in [2.45, 2.75) is 19.8 Å². The minimum absolute atomic E-state index is 0.0120. The van der Waals surface area contributed by atoms with E-state index in [9.17, 15) is 14.0 Å². The largest absolute Gasteiger partial charge is 0.460 e. The molecule has 14 heteroatoms. The maximum absolute atomic E-state index is 13.8. The van der Waals surface area contributed by atoms with Crippen LogP contribution in [0.5, 0.6) is 5.75 Å². The second-order valence-corrected chi connectivity index (χ2v) is 9.06. The Hall–Kier alpha value is -4.23. The number of halogens is 2. The summed E-state index contributed by atoms with van der Waals surface area (Å²) in [5, 5.41) is 15.0. The molecule has 0 bridgehead atoms. The number of carbonyl (C=O) groups excluding carboxylic acids is 2. The van der Waals surface area contributed by atoms with Crippen LogP contribution in [0.25, 0.3) is 16.9 Å². The zero-order chi connectivity index (χ0) is 26.8. The molecule has 0 aliphatic carbocycles. The van der Waals surface area contributed by atoms with Crippen molar-refractivity contribution in [2.75, 3.05) is 37.2 Å². The Balaban J connectivity index is 1.54. The molecule has 2 amide bonds. The lowest BCUT2D eigenvalue weighted by Crippen LogP contribution is -2.47. The molecule has 198 valence electrons. The van der Waals surface area contributed by atoms with Gasteiger partial charge in [-0.3, -0.25) is 14.3 Å². The number of anilines is 2. The molecule has 38 heavy (non-hydrogen) atoms. The fourth-order valence-electron chi connectivity index (χ4n) is 4.22. The fraction of sp³-hybridized carbons (Fsp3) is 0.292. The van der Waals surface area contributed by atoms with Crippen LogP contribution in [0.3, 0.4) is 0 Å². The molecule has 1 aliphatic rings. The molecule has 0 spiro atoms. The summed E-state index contributed by atoms with van der Waals surface area (Å²) in [5.74, 6) is -0.568. The minimum atomic E-state index is -1.62. The molecule has 12 nitrogen and oxygen atoms in total. The summed E-state index contributed by atoms with van der Waals surface area (Å²) in [5.41, 5.74) is 7.15. The van der Waals surface area contributed by atoms with Crippen molar-refractivity contribution in [1.29, 1.82) is 0 Å². The Labute approximate surface area is 221 Å². The molecule has 1 unspecified atom stereocenters. The van der Waals surface area contributed by atoms with E-state index in [2.05, 4.69) is 25.8 Å². The molecule has 1 fully saturated rings. The summed E-state index contributed by atoms with van der Waals surface area (Å²) >= 11 is 6.25. The summed E-state index contributed by atoms with van der Waals surface area (Å²) in [6.45, 7) is 3.75. The number of carbonyl (C=O) groups is 2. The Morgan fingerprint density at radius 1 is 1.29 bits per heavy atom. The van der Waals surface area contributed by atoms with E-state index < -0.39 is 12.3 Å². The second kappa shape index (κ2) is 10.6. The van der Waals surface area contributed by atoms with Crippen LogP contribution < -0.4 is 21.1 Å². The number of fused-ring (bicyclic) bond motifs is 1. The highest BCUT2D eigenvalue weighted by Crippen LogP contribution is 2.37. The lowest BCUT2D eigenvalue weighted by atomic mass is 10.1. The highest BCUT2D eigenvalue weighted by molar-refractivity contribution is 6.31. The molecule has 5 rings (SSSR count). The Kier molecular flexibility index (Phi) is 7.11. The number of nitrogens with one attached hydrogen (secondary N) is 2. The Bertz CT molecular complexity index is 1500. The van der Waals surface area contributed by atoms with Gasteiger partial charge in [0.25, 0.3) is 5.91 Å². The third kappa shape index (κ3) is 5.24. The van der Waals surface area contributed by atoms with Gasteiger partial charge in [-0.15, -0.1) is 5.10 Å². The van der Waals surface area contributed by atoms with Crippen molar-refractivity contribution in [3.8, 4) is 17.0 Å². The van der Waals surface area contributed by atoms with Crippen molar-refractivity contribution < 1.29 is 18.7 Å². The van der Waals surface area contributed by atoms with Crippen LogP contribution in [0.15, 0.2) is 42.9 Å². The number of ether oxygens (including phenoxy) is 1. The van der Waals surface area contributed by atoms with E-state index >= 15 is 0 Å². The number of nitrogens with zero attached hydrogens (tertiary/aromatic N) is 6. The van der Waals surface area contributed by atoms with E-state index in [4.69, 9.17) is 22.1 Å². The summed E-state index contributed by atoms with van der Waals surface area (Å²) in [6.07, 6.45) is 3.04. The van der Waals surface area contributed by atoms with Gasteiger partial charge in [0.15, 0.2) is 11.5 Å². The molecule has 1 aliphatic heterocycles. The van der Waals surface area contributed by atoms with Crippen molar-refractivity contribution in [3.05, 3.63) is 53.4 Å². The summed E-state index contributed by atoms with van der Waals surface area (Å²) in [4.78, 5) is 32.2. The van der Waals surface area contributed by atoms with Crippen LogP contribution >= 0.6 is 11.6 Å². The number of nitrogen functional groups attached to an aromatic ring is 1. The van der Waals surface area contributed by atoms with Gasteiger partial charge in [0.2, 0.25) is 12.3 Å². The fourth-order valence-corrected chi connectivity index (χ4v) is 4.39. The minimum Gasteiger partial charge on any atom is -0.460 e. The lowest BCUT2D eigenvalue weighted by Gasteiger charge is -2.27. The van der Waals surface area contributed by atoms with Crippen LogP contribution in [0.4, 0.5) is 15.9 Å². The first kappa shape index (κ1) is 25.4. The highest BCUT2D eigenvalue weighted by atomic mass is 35.5. The Morgan fingerprint density at radius 2 is 2.08 bits per heavy atom. The second-order valence-electron chi connectivity index (χ2n) is 8.62. The summed E-state index contributed by atoms with van der Waals surface area (Å²) < 4.78 is 22.0. The monoisotopic (exact) mass is 541 g/mol. The number of amides is 2. The predicted molar refractivity (Wildman–Crippen MR) is 139 cm³/mol. The zero-order valence-corrected chi connectivity index (χ0v) is 21.2. The predicted octanol–water partition coefficient (Wildman–Crippen LogP) is 2.21. The maximum Gasteiger partial charge on any atom is 0.263 e.